The first kappa shape index (κ1) is 16.5. The third-order valence-corrected chi connectivity index (χ3v) is 5.73. The van der Waals surface area contributed by atoms with Crippen molar-refractivity contribution in [1.29, 1.82) is 0 Å². The fourth-order valence-corrected chi connectivity index (χ4v) is 4.20. The minimum absolute atomic E-state index is 0.491. The minimum atomic E-state index is -4.05. The van der Waals surface area contributed by atoms with Crippen LogP contribution in [0, 0.1) is 5.82 Å². The summed E-state index contributed by atoms with van der Waals surface area (Å²) >= 11 is 4.58. The zero-order valence-electron chi connectivity index (χ0n) is 12.5. The highest BCUT2D eigenvalue weighted by Crippen LogP contribution is 2.38. The number of hydrogen-bond donors (Lipinski definition) is 2. The van der Waals surface area contributed by atoms with E-state index in [0.29, 0.717) is 11.5 Å². The molecule has 0 bridgehead atoms. The van der Waals surface area contributed by atoms with Crippen LogP contribution in [-0.4, -0.2) is 8.42 Å². The SMILES string of the molecule is NS(=O)(=O)c1ccc(-c2ccc(C3CCCC3)c(S)c2)cc1F. The normalized spacial score (nSPS) is 16.0. The van der Waals surface area contributed by atoms with Gasteiger partial charge in [0.1, 0.15) is 10.7 Å². The highest BCUT2D eigenvalue weighted by molar-refractivity contribution is 7.89. The largest absolute Gasteiger partial charge is 0.240 e. The van der Waals surface area contributed by atoms with Crippen LogP contribution in [0.5, 0.6) is 0 Å². The monoisotopic (exact) mass is 351 g/mol. The zero-order valence-corrected chi connectivity index (χ0v) is 14.2. The van der Waals surface area contributed by atoms with E-state index in [1.807, 2.05) is 18.2 Å². The molecule has 1 aliphatic rings. The molecule has 23 heavy (non-hydrogen) atoms. The average Bonchev–Trinajstić information content (AvgIpc) is 2.99. The van der Waals surface area contributed by atoms with Crippen LogP contribution in [0.3, 0.4) is 0 Å². The Balaban J connectivity index is 1.96. The molecule has 6 heteroatoms. The van der Waals surface area contributed by atoms with Crippen molar-refractivity contribution in [1.82, 2.24) is 0 Å². The number of rotatable bonds is 3. The van der Waals surface area contributed by atoms with Gasteiger partial charge in [-0.2, -0.15) is 0 Å². The van der Waals surface area contributed by atoms with Gasteiger partial charge in [-0.3, -0.25) is 0 Å². The number of thiol groups is 1. The van der Waals surface area contributed by atoms with Gasteiger partial charge in [-0.25, -0.2) is 17.9 Å². The van der Waals surface area contributed by atoms with Gasteiger partial charge in [-0.1, -0.05) is 31.0 Å². The summed E-state index contributed by atoms with van der Waals surface area (Å²) < 4.78 is 36.5. The Bertz CT molecular complexity index is 844. The van der Waals surface area contributed by atoms with Gasteiger partial charge in [0.05, 0.1) is 0 Å². The molecule has 0 atom stereocenters. The Morgan fingerprint density at radius 1 is 1.04 bits per heavy atom. The van der Waals surface area contributed by atoms with Crippen molar-refractivity contribution in [3.05, 3.63) is 47.8 Å². The van der Waals surface area contributed by atoms with E-state index in [9.17, 15) is 12.8 Å². The third kappa shape index (κ3) is 3.44. The Hall–Kier alpha value is -1.37. The summed E-state index contributed by atoms with van der Waals surface area (Å²) in [7, 11) is -4.05. The number of nitrogens with two attached hydrogens (primary N) is 1. The third-order valence-electron chi connectivity index (χ3n) is 4.40. The van der Waals surface area contributed by atoms with E-state index in [1.165, 1.54) is 43.4 Å². The Morgan fingerprint density at radius 2 is 1.65 bits per heavy atom. The number of benzene rings is 2. The second-order valence-corrected chi connectivity index (χ2v) is 7.96. The molecule has 0 radical (unpaired) electrons. The molecule has 1 fully saturated rings. The molecule has 3 nitrogen and oxygen atoms in total. The van der Waals surface area contributed by atoms with Crippen LogP contribution in [0.15, 0.2) is 46.2 Å². The number of sulfonamides is 1. The fraction of sp³-hybridized carbons (Fsp3) is 0.294. The number of hydrogen-bond acceptors (Lipinski definition) is 3. The standard InChI is InChI=1S/C17H18FNO2S2/c18-15-9-12(6-8-17(15)23(19,20)21)13-5-7-14(16(22)10-13)11-3-1-2-4-11/h5-11,22H,1-4H2,(H2,19,20,21). The van der Waals surface area contributed by atoms with Crippen LogP contribution in [0.25, 0.3) is 11.1 Å². The van der Waals surface area contributed by atoms with Crippen LogP contribution in [-0.2, 0) is 10.0 Å². The lowest BCUT2D eigenvalue weighted by molar-refractivity contribution is 0.568. The molecule has 0 spiro atoms. The predicted molar refractivity (Wildman–Crippen MR) is 91.7 cm³/mol. The maximum atomic E-state index is 14.0. The lowest BCUT2D eigenvalue weighted by atomic mass is 9.95. The summed E-state index contributed by atoms with van der Waals surface area (Å²) in [5.74, 6) is -0.288. The van der Waals surface area contributed by atoms with E-state index in [2.05, 4.69) is 12.6 Å². The molecule has 2 aromatic rings. The van der Waals surface area contributed by atoms with Crippen LogP contribution >= 0.6 is 12.6 Å². The maximum absolute atomic E-state index is 14.0. The highest BCUT2D eigenvalue weighted by atomic mass is 32.2. The molecule has 2 N–H and O–H groups in total. The Kier molecular flexibility index (Phi) is 4.49. The Labute approximate surface area is 141 Å². The van der Waals surface area contributed by atoms with Gasteiger partial charge in [-0.15, -0.1) is 12.6 Å². The Morgan fingerprint density at radius 3 is 2.22 bits per heavy atom. The molecule has 0 heterocycles. The van der Waals surface area contributed by atoms with Crippen LogP contribution in [0.4, 0.5) is 4.39 Å². The van der Waals surface area contributed by atoms with Gasteiger partial charge in [0.15, 0.2) is 0 Å². The van der Waals surface area contributed by atoms with E-state index in [0.717, 1.165) is 10.5 Å². The summed E-state index contributed by atoms with van der Waals surface area (Å²) in [6, 6.07) is 9.82. The number of halogens is 1. The first-order valence-electron chi connectivity index (χ1n) is 7.52. The van der Waals surface area contributed by atoms with Crippen LogP contribution in [0.1, 0.15) is 37.2 Å². The molecule has 122 valence electrons. The van der Waals surface area contributed by atoms with E-state index < -0.39 is 20.7 Å². The topological polar surface area (TPSA) is 60.2 Å². The van der Waals surface area contributed by atoms with E-state index >= 15 is 0 Å². The quantitative estimate of drug-likeness (QED) is 0.818. The fourth-order valence-electron chi connectivity index (χ4n) is 3.22. The van der Waals surface area contributed by atoms with Gasteiger partial charge in [0.2, 0.25) is 10.0 Å². The second kappa shape index (κ2) is 6.26. The predicted octanol–water partition coefficient (Wildman–Crippen LogP) is 4.09. The molecule has 0 unspecified atom stereocenters. The van der Waals surface area contributed by atoms with Gasteiger partial charge < -0.3 is 0 Å². The lowest BCUT2D eigenvalue weighted by Gasteiger charge is -2.14. The van der Waals surface area contributed by atoms with E-state index in [-0.39, 0.29) is 0 Å². The molecule has 2 aromatic carbocycles. The number of primary sulfonamides is 1. The molecule has 0 saturated heterocycles. The van der Waals surface area contributed by atoms with Crippen molar-refractivity contribution in [2.24, 2.45) is 5.14 Å². The molecule has 1 saturated carbocycles. The molecular formula is C17H18FNO2S2. The zero-order chi connectivity index (χ0) is 16.6. The van der Waals surface area contributed by atoms with Crippen molar-refractivity contribution in [3.8, 4) is 11.1 Å². The van der Waals surface area contributed by atoms with E-state index in [1.54, 1.807) is 6.07 Å². The molecular weight excluding hydrogens is 333 g/mol. The van der Waals surface area contributed by atoms with Gasteiger partial charge in [-0.05, 0) is 53.6 Å². The van der Waals surface area contributed by atoms with Crippen LogP contribution in [0.2, 0.25) is 0 Å². The van der Waals surface area contributed by atoms with Crippen molar-refractivity contribution in [2.45, 2.75) is 41.4 Å². The first-order valence-corrected chi connectivity index (χ1v) is 9.51. The van der Waals surface area contributed by atoms with E-state index in [4.69, 9.17) is 5.14 Å². The highest BCUT2D eigenvalue weighted by Gasteiger charge is 2.20. The molecule has 0 aromatic heterocycles. The van der Waals surface area contributed by atoms with Crippen molar-refractivity contribution in [2.75, 3.05) is 0 Å². The molecule has 1 aliphatic carbocycles. The smallest absolute Gasteiger partial charge is 0.225 e. The lowest BCUT2D eigenvalue weighted by Crippen LogP contribution is -2.13. The van der Waals surface area contributed by atoms with Crippen molar-refractivity contribution < 1.29 is 12.8 Å². The van der Waals surface area contributed by atoms with Gasteiger partial charge in [0, 0.05) is 4.90 Å². The van der Waals surface area contributed by atoms with Gasteiger partial charge >= 0.3 is 0 Å². The van der Waals surface area contributed by atoms with Crippen LogP contribution < -0.4 is 5.14 Å². The summed E-state index contributed by atoms with van der Waals surface area (Å²) in [5.41, 5.74) is 2.64. The average molecular weight is 351 g/mol. The maximum Gasteiger partial charge on any atom is 0.240 e. The first-order chi connectivity index (χ1) is 10.9. The van der Waals surface area contributed by atoms with Crippen molar-refractivity contribution in [3.63, 3.8) is 0 Å². The summed E-state index contributed by atoms with van der Waals surface area (Å²) in [5, 5.41) is 4.98. The summed E-state index contributed by atoms with van der Waals surface area (Å²) in [6.45, 7) is 0. The summed E-state index contributed by atoms with van der Waals surface area (Å²) in [4.78, 5) is 0.403. The molecule has 0 amide bonds. The second-order valence-electron chi connectivity index (χ2n) is 5.95. The van der Waals surface area contributed by atoms with Crippen molar-refractivity contribution >= 4 is 22.7 Å². The minimum Gasteiger partial charge on any atom is -0.225 e. The van der Waals surface area contributed by atoms with Gasteiger partial charge in [0.25, 0.3) is 0 Å². The molecule has 3 rings (SSSR count). The molecule has 0 aliphatic heterocycles. The summed E-state index contributed by atoms with van der Waals surface area (Å²) in [6.07, 6.45) is 4.87.